The maximum Gasteiger partial charge on any atom is 0.236 e. The lowest BCUT2D eigenvalue weighted by Gasteiger charge is -2.35. The second kappa shape index (κ2) is 13.5. The van der Waals surface area contributed by atoms with Crippen molar-refractivity contribution < 1.29 is 32.1 Å². The van der Waals surface area contributed by atoms with Gasteiger partial charge in [-0.2, -0.15) is 0 Å². The smallest absolute Gasteiger partial charge is 0.236 e. The van der Waals surface area contributed by atoms with Gasteiger partial charge in [-0.25, -0.2) is 8.42 Å². The van der Waals surface area contributed by atoms with Crippen LogP contribution in [0.3, 0.4) is 0 Å². The number of aliphatic hydroxyl groups is 1. The number of hydrogen-bond acceptors (Lipinski definition) is 7. The highest BCUT2D eigenvalue weighted by Gasteiger charge is 2.43. The molecule has 11 heteroatoms. The van der Waals surface area contributed by atoms with Crippen molar-refractivity contribution in [3.05, 3.63) is 47.1 Å². The molecule has 2 aliphatic rings. The Balaban J connectivity index is 1.82. The van der Waals surface area contributed by atoms with E-state index < -0.39 is 37.7 Å². The van der Waals surface area contributed by atoms with Crippen molar-refractivity contribution >= 4 is 38.0 Å². The van der Waals surface area contributed by atoms with Crippen LogP contribution in [0.2, 0.25) is 0 Å². The summed E-state index contributed by atoms with van der Waals surface area (Å²) in [6.45, 7) is 3.33. The molecular weight excluding hydrogens is 528 g/mol. The first-order chi connectivity index (χ1) is 18.1. The van der Waals surface area contributed by atoms with Crippen molar-refractivity contribution in [2.24, 2.45) is 0 Å². The monoisotopic (exact) mass is 566 g/mol. The van der Waals surface area contributed by atoms with Crippen LogP contribution < -0.4 is 10.1 Å². The second-order valence-electron chi connectivity index (χ2n) is 9.90. The van der Waals surface area contributed by atoms with Gasteiger partial charge in [-0.05, 0) is 50.0 Å². The maximum absolute atomic E-state index is 13.1. The summed E-state index contributed by atoms with van der Waals surface area (Å²) in [6, 6.07) is 5.68. The van der Waals surface area contributed by atoms with Gasteiger partial charge >= 0.3 is 0 Å². The Bertz CT molecular complexity index is 1220. The molecule has 0 aromatic heterocycles. The van der Waals surface area contributed by atoms with Gasteiger partial charge in [-0.3, -0.25) is 13.8 Å². The summed E-state index contributed by atoms with van der Waals surface area (Å²) in [5.41, 5.74) is 2.98. The van der Waals surface area contributed by atoms with Crippen LogP contribution >= 0.6 is 0 Å². The third-order valence-electron chi connectivity index (χ3n) is 6.82. The fourth-order valence-electron chi connectivity index (χ4n) is 5.01. The summed E-state index contributed by atoms with van der Waals surface area (Å²) >= 11 is 0. The molecule has 210 valence electrons. The number of hydrogen-bond donors (Lipinski definition) is 2. The van der Waals surface area contributed by atoms with E-state index >= 15 is 0 Å². The van der Waals surface area contributed by atoms with Crippen LogP contribution in [0.4, 0.5) is 0 Å². The maximum atomic E-state index is 13.1. The molecule has 1 aromatic carbocycles. The van der Waals surface area contributed by atoms with Crippen LogP contribution in [0.25, 0.3) is 5.57 Å². The Morgan fingerprint density at radius 1 is 1.18 bits per heavy atom. The highest BCUT2D eigenvalue weighted by atomic mass is 32.2. The minimum absolute atomic E-state index is 0.00990. The van der Waals surface area contributed by atoms with Gasteiger partial charge in [0.1, 0.15) is 22.6 Å². The predicted molar refractivity (Wildman–Crippen MR) is 149 cm³/mol. The minimum atomic E-state index is -3.66. The van der Waals surface area contributed by atoms with E-state index in [-0.39, 0.29) is 36.6 Å². The van der Waals surface area contributed by atoms with Gasteiger partial charge in [-0.15, -0.1) is 0 Å². The van der Waals surface area contributed by atoms with E-state index in [9.17, 15) is 22.2 Å². The van der Waals surface area contributed by atoms with Crippen LogP contribution in [-0.2, 0) is 30.2 Å². The number of nitrogens with one attached hydrogen (secondary N) is 1. The number of carbonyl (C=O) groups is 2. The molecule has 1 aliphatic heterocycles. The summed E-state index contributed by atoms with van der Waals surface area (Å²) in [5.74, 6) is -1.04. The zero-order chi connectivity index (χ0) is 27.9. The van der Waals surface area contributed by atoms with Crippen molar-refractivity contribution in [2.75, 3.05) is 37.5 Å². The summed E-state index contributed by atoms with van der Waals surface area (Å²) in [5, 5.41) is 10.5. The van der Waals surface area contributed by atoms with Gasteiger partial charge in [0, 0.05) is 18.2 Å². The van der Waals surface area contributed by atoms with Gasteiger partial charge in [0.15, 0.2) is 9.84 Å². The Kier molecular flexibility index (Phi) is 10.7. The van der Waals surface area contributed by atoms with Crippen LogP contribution in [0, 0.1) is 0 Å². The van der Waals surface area contributed by atoms with E-state index in [0.717, 1.165) is 43.2 Å². The van der Waals surface area contributed by atoms with Crippen molar-refractivity contribution in [1.29, 1.82) is 0 Å². The lowest BCUT2D eigenvalue weighted by molar-refractivity contribution is -0.131. The normalized spacial score (nSPS) is 21.6. The van der Waals surface area contributed by atoms with E-state index in [1.54, 1.807) is 26.2 Å². The predicted octanol–water partition coefficient (Wildman–Crippen LogP) is 2.49. The molecule has 2 N–H and O–H groups in total. The van der Waals surface area contributed by atoms with Crippen molar-refractivity contribution in [2.45, 2.75) is 57.4 Å². The fourth-order valence-corrected chi connectivity index (χ4v) is 7.96. The van der Waals surface area contributed by atoms with Gasteiger partial charge in [0.05, 0.1) is 30.3 Å². The first-order valence-electron chi connectivity index (χ1n) is 12.8. The molecule has 1 saturated carbocycles. The topological polar surface area (TPSA) is 130 Å². The molecule has 1 aliphatic carbocycles. The summed E-state index contributed by atoms with van der Waals surface area (Å²) in [4.78, 5) is 26.4. The third-order valence-corrected chi connectivity index (χ3v) is 9.93. The molecule has 2 amide bonds. The van der Waals surface area contributed by atoms with E-state index in [0.29, 0.717) is 16.9 Å². The van der Waals surface area contributed by atoms with E-state index in [1.807, 2.05) is 30.0 Å². The number of carbonyl (C=O) groups excluding carboxylic acids is 2. The number of benzene rings is 1. The van der Waals surface area contributed by atoms with Crippen molar-refractivity contribution in [1.82, 2.24) is 10.2 Å². The van der Waals surface area contributed by atoms with Crippen LogP contribution in [0.5, 0.6) is 5.75 Å². The molecular formula is C27H38N2O7S2. The lowest BCUT2D eigenvalue weighted by Crippen LogP contribution is -2.40. The summed E-state index contributed by atoms with van der Waals surface area (Å²) in [6.07, 6.45) is 8.60. The Morgan fingerprint density at radius 3 is 2.55 bits per heavy atom. The number of amides is 2. The molecule has 9 nitrogen and oxygen atoms in total. The molecule has 2 fully saturated rings. The molecule has 0 spiro atoms. The van der Waals surface area contributed by atoms with Crippen LogP contribution in [0.1, 0.15) is 62.5 Å². The number of sulfone groups is 1. The Hall–Kier alpha value is -2.50. The first-order valence-corrected chi connectivity index (χ1v) is 16.1. The molecule has 2 atom stereocenters. The number of methoxy groups -OCH3 is 1. The standard InChI is InChI=1S/C27H38N2O7S2/c1-19(17-38(34,35)18-25(31)28-13-14-30)9-10-20(2)21-11-12-24(36-3)23(15-21)27-29(26(32)16-37(27)33)22-7-5-4-6-8-22/h9-12,15,22,27,30H,4-8,13-14,16-18H2,1-3H3,(H,28,31)/b19-9+,20-10+. The number of ether oxygens (including phenoxy) is 1. The van der Waals surface area contributed by atoms with Crippen molar-refractivity contribution in [3.8, 4) is 5.75 Å². The minimum Gasteiger partial charge on any atom is -0.496 e. The van der Waals surface area contributed by atoms with Gasteiger partial charge in [0.25, 0.3) is 0 Å². The highest BCUT2D eigenvalue weighted by Crippen LogP contribution is 2.41. The molecule has 2 unspecified atom stereocenters. The molecule has 1 aromatic rings. The third kappa shape index (κ3) is 7.77. The SMILES string of the molecule is COc1ccc(/C(C)=C/C=C(\C)CS(=O)(=O)CC(=O)NCCO)cc1C1N(C2CCCCC2)C(=O)CS1=O. The molecule has 3 rings (SSSR count). The number of rotatable bonds is 11. The molecule has 1 heterocycles. The highest BCUT2D eigenvalue weighted by molar-refractivity contribution is 7.92. The quantitative estimate of drug-likeness (QED) is 0.394. The van der Waals surface area contributed by atoms with Crippen LogP contribution in [-0.4, -0.2) is 78.0 Å². The Labute approximate surface area is 227 Å². The van der Waals surface area contributed by atoms with Gasteiger partial charge in [-0.1, -0.05) is 43.1 Å². The molecule has 0 bridgehead atoms. The van der Waals surface area contributed by atoms with E-state index in [2.05, 4.69) is 5.32 Å². The van der Waals surface area contributed by atoms with Crippen molar-refractivity contribution in [3.63, 3.8) is 0 Å². The van der Waals surface area contributed by atoms with E-state index in [4.69, 9.17) is 9.84 Å². The average molecular weight is 567 g/mol. The molecule has 38 heavy (non-hydrogen) atoms. The zero-order valence-corrected chi connectivity index (χ0v) is 23.9. The van der Waals surface area contributed by atoms with Crippen LogP contribution in [0.15, 0.2) is 35.9 Å². The average Bonchev–Trinajstić information content (AvgIpc) is 3.18. The first kappa shape index (κ1) is 30.0. The summed E-state index contributed by atoms with van der Waals surface area (Å²) in [7, 11) is -3.48. The number of allylic oxidation sites excluding steroid dienone is 3. The van der Waals surface area contributed by atoms with Gasteiger partial charge < -0.3 is 20.1 Å². The van der Waals surface area contributed by atoms with E-state index in [1.165, 1.54) is 0 Å². The van der Waals surface area contributed by atoms with Gasteiger partial charge in [0.2, 0.25) is 11.8 Å². The number of nitrogens with zero attached hydrogens (tertiary/aromatic N) is 1. The fraction of sp³-hybridized carbons (Fsp3) is 0.556. The lowest BCUT2D eigenvalue weighted by atomic mass is 9.93. The largest absolute Gasteiger partial charge is 0.496 e. The second-order valence-corrected chi connectivity index (χ2v) is 13.5. The zero-order valence-electron chi connectivity index (χ0n) is 22.3. The summed E-state index contributed by atoms with van der Waals surface area (Å²) < 4.78 is 43.4. The molecule has 1 saturated heterocycles. The molecule has 0 radical (unpaired) electrons. The number of aliphatic hydroxyl groups excluding tert-OH is 1. The Morgan fingerprint density at radius 2 is 1.89 bits per heavy atom.